The molecule has 0 spiro atoms. The van der Waals surface area contributed by atoms with Gasteiger partial charge < -0.3 is 25.2 Å². The van der Waals surface area contributed by atoms with Crippen LogP contribution < -0.4 is 20.4 Å². The van der Waals surface area contributed by atoms with Crippen molar-refractivity contribution in [3.8, 4) is 0 Å². The Labute approximate surface area is 216 Å². The average molecular weight is 500 g/mol. The number of morpholine rings is 1. The number of ether oxygens (including phenoxy) is 1. The fraction of sp³-hybridized carbons (Fsp3) is 0.481. The van der Waals surface area contributed by atoms with E-state index in [9.17, 15) is 0 Å². The molecule has 1 atom stereocenters. The molecule has 1 unspecified atom stereocenters. The number of benzene rings is 1. The van der Waals surface area contributed by atoms with Crippen LogP contribution in [0.1, 0.15) is 43.0 Å². The van der Waals surface area contributed by atoms with Crippen LogP contribution >= 0.6 is 0 Å². The Morgan fingerprint density at radius 3 is 2.59 bits per heavy atom. The second-order valence-electron chi connectivity index (χ2n) is 10.3. The first kappa shape index (κ1) is 22.5. The number of hydrogen-bond acceptors (Lipinski definition) is 9. The standard InChI is InChI=1S/C27H33N9O/c1-18-6-4-7-19-25(18)26(31-27(28)29-19)35-11-3-2-8-21(35)20-16-23-30-22(33-9-5-10-33)17-24(36(23)32-20)34-12-14-37-15-13-34/h4,6-7,16-17,21H,2-3,5,8-15H2,1H3,(H2,28,29,31). The van der Waals surface area contributed by atoms with Crippen LogP contribution in [-0.4, -0.2) is 70.5 Å². The van der Waals surface area contributed by atoms with Gasteiger partial charge in [0.05, 0.1) is 30.5 Å². The van der Waals surface area contributed by atoms with Crippen molar-refractivity contribution in [3.05, 3.63) is 41.6 Å². The third kappa shape index (κ3) is 3.90. The van der Waals surface area contributed by atoms with E-state index in [0.717, 1.165) is 110 Å². The SMILES string of the molecule is Cc1cccc2nc(N)nc(N3CCCCC3c3cc4nc(N5CCC5)cc(N5CCOCC5)n4n3)c12. The van der Waals surface area contributed by atoms with Gasteiger partial charge in [-0.25, -0.2) is 9.97 Å². The highest BCUT2D eigenvalue weighted by atomic mass is 16.5. The molecule has 3 aliphatic heterocycles. The van der Waals surface area contributed by atoms with Crippen LogP contribution in [0.15, 0.2) is 30.3 Å². The molecular weight excluding hydrogens is 466 g/mol. The zero-order valence-electron chi connectivity index (χ0n) is 21.3. The molecule has 3 fully saturated rings. The molecule has 0 bridgehead atoms. The number of aryl methyl sites for hydroxylation is 1. The van der Waals surface area contributed by atoms with Gasteiger partial charge in [-0.3, -0.25) is 0 Å². The number of anilines is 4. The molecule has 3 saturated heterocycles. The van der Waals surface area contributed by atoms with Crippen LogP contribution in [0.3, 0.4) is 0 Å². The molecule has 3 aromatic heterocycles. The lowest BCUT2D eigenvalue weighted by Gasteiger charge is -2.36. The normalized spacial score (nSPS) is 20.6. The fourth-order valence-electron chi connectivity index (χ4n) is 5.90. The molecule has 0 radical (unpaired) electrons. The van der Waals surface area contributed by atoms with Crippen molar-refractivity contribution in [1.29, 1.82) is 0 Å². The van der Waals surface area contributed by atoms with E-state index in [4.69, 9.17) is 25.5 Å². The van der Waals surface area contributed by atoms with E-state index >= 15 is 0 Å². The Bertz CT molecular complexity index is 1460. The number of fused-ring (bicyclic) bond motifs is 2. The largest absolute Gasteiger partial charge is 0.378 e. The molecule has 10 nitrogen and oxygen atoms in total. The Hall–Kier alpha value is -3.66. The van der Waals surface area contributed by atoms with E-state index in [0.29, 0.717) is 5.95 Å². The molecule has 192 valence electrons. The first-order chi connectivity index (χ1) is 18.2. The predicted molar refractivity (Wildman–Crippen MR) is 145 cm³/mol. The van der Waals surface area contributed by atoms with Crippen LogP contribution in [0.2, 0.25) is 0 Å². The molecule has 7 rings (SSSR count). The Morgan fingerprint density at radius 1 is 0.919 bits per heavy atom. The maximum atomic E-state index is 6.19. The Kier molecular flexibility index (Phi) is 5.49. The minimum atomic E-state index is 0.0950. The van der Waals surface area contributed by atoms with Gasteiger partial charge in [0.1, 0.15) is 17.5 Å². The summed E-state index contributed by atoms with van der Waals surface area (Å²) >= 11 is 0. The number of nitrogen functional groups attached to an aromatic ring is 1. The van der Waals surface area contributed by atoms with Crippen molar-refractivity contribution in [1.82, 2.24) is 24.6 Å². The highest BCUT2D eigenvalue weighted by molar-refractivity contribution is 5.93. The molecule has 10 heteroatoms. The number of aromatic nitrogens is 5. The number of hydrogen-bond donors (Lipinski definition) is 1. The molecule has 2 N–H and O–H groups in total. The van der Waals surface area contributed by atoms with Crippen LogP contribution in [0.4, 0.5) is 23.4 Å². The average Bonchev–Trinajstić information content (AvgIpc) is 3.31. The van der Waals surface area contributed by atoms with Gasteiger partial charge in [0.2, 0.25) is 5.95 Å². The third-order valence-electron chi connectivity index (χ3n) is 7.98. The summed E-state index contributed by atoms with van der Waals surface area (Å²) in [4.78, 5) is 21.5. The van der Waals surface area contributed by atoms with Gasteiger partial charge in [0.15, 0.2) is 5.65 Å². The van der Waals surface area contributed by atoms with Crippen molar-refractivity contribution in [2.75, 3.05) is 66.4 Å². The maximum Gasteiger partial charge on any atom is 0.222 e. The number of rotatable bonds is 4. The van der Waals surface area contributed by atoms with Crippen LogP contribution in [-0.2, 0) is 4.74 Å². The Balaban J connectivity index is 1.35. The second-order valence-corrected chi connectivity index (χ2v) is 10.3. The minimum absolute atomic E-state index is 0.0950. The number of nitrogens with zero attached hydrogens (tertiary/aromatic N) is 8. The minimum Gasteiger partial charge on any atom is -0.378 e. The van der Waals surface area contributed by atoms with Crippen molar-refractivity contribution >= 4 is 40.0 Å². The quantitative estimate of drug-likeness (QED) is 0.453. The van der Waals surface area contributed by atoms with Crippen molar-refractivity contribution in [2.24, 2.45) is 0 Å². The van der Waals surface area contributed by atoms with Gasteiger partial charge in [0, 0.05) is 50.2 Å². The van der Waals surface area contributed by atoms with Gasteiger partial charge >= 0.3 is 0 Å². The lowest BCUT2D eigenvalue weighted by molar-refractivity contribution is 0.122. The summed E-state index contributed by atoms with van der Waals surface area (Å²) in [6, 6.07) is 10.6. The number of piperidine rings is 1. The molecule has 0 saturated carbocycles. The Morgan fingerprint density at radius 2 is 1.78 bits per heavy atom. The van der Waals surface area contributed by atoms with Gasteiger partial charge in [-0.2, -0.15) is 14.6 Å². The van der Waals surface area contributed by atoms with Crippen molar-refractivity contribution in [3.63, 3.8) is 0 Å². The highest BCUT2D eigenvalue weighted by Crippen LogP contribution is 2.39. The highest BCUT2D eigenvalue weighted by Gasteiger charge is 2.31. The van der Waals surface area contributed by atoms with E-state index in [-0.39, 0.29) is 6.04 Å². The molecular formula is C27H33N9O. The van der Waals surface area contributed by atoms with Gasteiger partial charge in [-0.05, 0) is 44.2 Å². The molecule has 1 aromatic carbocycles. The summed E-state index contributed by atoms with van der Waals surface area (Å²) in [5.74, 6) is 3.35. The van der Waals surface area contributed by atoms with E-state index in [1.165, 1.54) is 6.42 Å². The summed E-state index contributed by atoms with van der Waals surface area (Å²) in [5, 5.41) is 6.26. The smallest absolute Gasteiger partial charge is 0.222 e. The van der Waals surface area contributed by atoms with Gasteiger partial charge in [-0.1, -0.05) is 12.1 Å². The first-order valence-electron chi connectivity index (χ1n) is 13.4. The van der Waals surface area contributed by atoms with Gasteiger partial charge in [-0.15, -0.1) is 0 Å². The molecule has 4 aromatic rings. The monoisotopic (exact) mass is 499 g/mol. The van der Waals surface area contributed by atoms with Gasteiger partial charge in [0.25, 0.3) is 0 Å². The van der Waals surface area contributed by atoms with Crippen LogP contribution in [0, 0.1) is 6.92 Å². The van der Waals surface area contributed by atoms with E-state index in [1.54, 1.807) is 0 Å². The first-order valence-corrected chi connectivity index (χ1v) is 13.4. The molecule has 3 aliphatic rings. The summed E-state index contributed by atoms with van der Waals surface area (Å²) in [6.45, 7) is 8.31. The fourth-order valence-corrected chi connectivity index (χ4v) is 5.90. The van der Waals surface area contributed by atoms with Crippen molar-refractivity contribution in [2.45, 2.75) is 38.6 Å². The maximum absolute atomic E-state index is 6.19. The second kappa shape index (κ2) is 9.02. The van der Waals surface area contributed by atoms with Crippen LogP contribution in [0.5, 0.6) is 0 Å². The molecule has 37 heavy (non-hydrogen) atoms. The van der Waals surface area contributed by atoms with Crippen molar-refractivity contribution < 1.29 is 4.74 Å². The molecule has 6 heterocycles. The van der Waals surface area contributed by atoms with E-state index in [1.807, 2.05) is 16.6 Å². The predicted octanol–water partition coefficient (Wildman–Crippen LogP) is 3.34. The summed E-state index contributed by atoms with van der Waals surface area (Å²) in [5.41, 5.74) is 10.2. The lowest BCUT2D eigenvalue weighted by Crippen LogP contribution is -2.40. The number of nitrogens with two attached hydrogens (primary N) is 1. The van der Waals surface area contributed by atoms with E-state index in [2.05, 4.69) is 44.8 Å². The summed E-state index contributed by atoms with van der Waals surface area (Å²) in [7, 11) is 0. The topological polar surface area (TPSA) is 101 Å². The zero-order valence-corrected chi connectivity index (χ0v) is 21.3. The zero-order chi connectivity index (χ0) is 24.9. The summed E-state index contributed by atoms with van der Waals surface area (Å²) < 4.78 is 7.67. The molecule has 0 amide bonds. The van der Waals surface area contributed by atoms with E-state index < -0.39 is 0 Å². The third-order valence-corrected chi connectivity index (χ3v) is 7.98. The molecule has 0 aliphatic carbocycles. The summed E-state index contributed by atoms with van der Waals surface area (Å²) in [6.07, 6.45) is 4.48. The lowest BCUT2D eigenvalue weighted by atomic mass is 9.98. The van der Waals surface area contributed by atoms with Crippen LogP contribution in [0.25, 0.3) is 16.6 Å².